The van der Waals surface area contributed by atoms with Crippen molar-refractivity contribution >= 4 is 31.5 Å². The van der Waals surface area contributed by atoms with Gasteiger partial charge in [0.25, 0.3) is 0 Å². The number of benzene rings is 1. The Morgan fingerprint density at radius 3 is 2.58 bits per heavy atom. The number of rotatable bonds is 6. The number of nitrogens with zero attached hydrogens (tertiary/aromatic N) is 1. The van der Waals surface area contributed by atoms with Crippen molar-refractivity contribution < 1.29 is 16.8 Å². The van der Waals surface area contributed by atoms with Gasteiger partial charge in [-0.3, -0.25) is 0 Å². The second kappa shape index (κ2) is 7.72. The molecular weight excluding hydrogens is 370 g/mol. The van der Waals surface area contributed by atoms with Gasteiger partial charge in [-0.15, -0.1) is 0 Å². The Kier molecular flexibility index (Phi) is 6.34. The van der Waals surface area contributed by atoms with Crippen LogP contribution in [-0.4, -0.2) is 45.2 Å². The Morgan fingerprint density at radius 1 is 1.25 bits per heavy atom. The molecule has 1 aromatic rings. The molecule has 1 atom stereocenters. The van der Waals surface area contributed by atoms with E-state index in [2.05, 4.69) is 0 Å². The summed E-state index contributed by atoms with van der Waals surface area (Å²) in [7, 11) is -6.85. The van der Waals surface area contributed by atoms with Gasteiger partial charge in [0.15, 0.2) is 9.84 Å². The van der Waals surface area contributed by atoms with Gasteiger partial charge >= 0.3 is 0 Å². The summed E-state index contributed by atoms with van der Waals surface area (Å²) in [5.41, 5.74) is 0.606. The maximum atomic E-state index is 12.6. The molecule has 0 N–H and O–H groups in total. The van der Waals surface area contributed by atoms with Gasteiger partial charge in [-0.05, 0) is 36.5 Å². The van der Waals surface area contributed by atoms with Crippen LogP contribution in [0.3, 0.4) is 0 Å². The molecule has 5 nitrogen and oxygen atoms in total. The molecule has 1 saturated heterocycles. The number of hydrogen-bond donors (Lipinski definition) is 0. The van der Waals surface area contributed by atoms with Crippen molar-refractivity contribution in [2.24, 2.45) is 5.92 Å². The number of sulfonamides is 1. The quantitative estimate of drug-likeness (QED) is 0.744. The number of piperidine rings is 1. The van der Waals surface area contributed by atoms with Crippen molar-refractivity contribution in [3.63, 3.8) is 0 Å². The fourth-order valence-corrected chi connectivity index (χ4v) is 7.02. The van der Waals surface area contributed by atoms with Crippen molar-refractivity contribution in [2.75, 3.05) is 18.8 Å². The average molecular weight is 394 g/mol. The van der Waals surface area contributed by atoms with Crippen LogP contribution in [0.2, 0.25) is 5.02 Å². The summed E-state index contributed by atoms with van der Waals surface area (Å²) in [6.07, 6.45) is 1.09. The minimum Gasteiger partial charge on any atom is -0.228 e. The third-order valence-electron chi connectivity index (χ3n) is 4.05. The second-order valence-corrected chi connectivity index (χ2v) is 11.5. The van der Waals surface area contributed by atoms with Gasteiger partial charge < -0.3 is 0 Å². The van der Waals surface area contributed by atoms with Crippen molar-refractivity contribution in [1.82, 2.24) is 4.31 Å². The Bertz CT molecular complexity index is 775. The molecule has 1 aromatic carbocycles. The first-order valence-electron chi connectivity index (χ1n) is 8.04. The third kappa shape index (κ3) is 5.18. The van der Waals surface area contributed by atoms with Crippen LogP contribution in [0.5, 0.6) is 0 Å². The fraction of sp³-hybridized carbons (Fsp3) is 0.625. The standard InChI is InChI=1S/C16H24ClNO4S2/c1-13(2)11-23(19,20)16-7-4-8-18(10-16)24(21,22)12-14-5-3-6-15(17)9-14/h3,5-6,9,13,16H,4,7-8,10-12H2,1-2H3. The molecule has 0 radical (unpaired) electrons. The minimum atomic E-state index is -3.56. The van der Waals surface area contributed by atoms with E-state index in [-0.39, 0.29) is 24.0 Å². The normalized spacial score (nSPS) is 20.4. The van der Waals surface area contributed by atoms with Crippen LogP contribution >= 0.6 is 11.6 Å². The molecule has 136 valence electrons. The summed E-state index contributed by atoms with van der Waals surface area (Å²) >= 11 is 5.90. The minimum absolute atomic E-state index is 0.0356. The van der Waals surface area contributed by atoms with Crippen LogP contribution in [0, 0.1) is 5.92 Å². The molecule has 0 amide bonds. The van der Waals surface area contributed by atoms with Crippen LogP contribution in [0.1, 0.15) is 32.3 Å². The molecule has 0 aromatic heterocycles. The lowest BCUT2D eigenvalue weighted by Gasteiger charge is -2.32. The molecule has 1 fully saturated rings. The summed E-state index contributed by atoms with van der Waals surface area (Å²) < 4.78 is 51.5. The second-order valence-electron chi connectivity index (χ2n) is 6.73. The van der Waals surface area contributed by atoms with Crippen LogP contribution in [0.25, 0.3) is 0 Å². The first-order valence-corrected chi connectivity index (χ1v) is 11.7. The zero-order valence-corrected chi connectivity index (χ0v) is 16.4. The molecular formula is C16H24ClNO4S2. The number of sulfone groups is 1. The monoisotopic (exact) mass is 393 g/mol. The smallest absolute Gasteiger partial charge is 0.218 e. The Labute approximate surface area is 150 Å². The highest BCUT2D eigenvalue weighted by Crippen LogP contribution is 2.24. The van der Waals surface area contributed by atoms with Gasteiger partial charge in [0.2, 0.25) is 10.0 Å². The summed E-state index contributed by atoms with van der Waals surface area (Å²) in [4.78, 5) is 0. The Morgan fingerprint density at radius 2 is 1.96 bits per heavy atom. The predicted molar refractivity (Wildman–Crippen MR) is 97.3 cm³/mol. The number of halogens is 1. The maximum Gasteiger partial charge on any atom is 0.218 e. The number of hydrogen-bond acceptors (Lipinski definition) is 4. The van der Waals surface area contributed by atoms with E-state index >= 15 is 0 Å². The van der Waals surface area contributed by atoms with Gasteiger partial charge in [-0.25, -0.2) is 21.1 Å². The SMILES string of the molecule is CC(C)CS(=O)(=O)C1CCCN(S(=O)(=O)Cc2cccc(Cl)c2)C1. The summed E-state index contributed by atoms with van der Waals surface area (Å²) in [6, 6.07) is 6.72. The van der Waals surface area contributed by atoms with Crippen LogP contribution in [0.4, 0.5) is 0 Å². The first kappa shape index (κ1) is 19.7. The van der Waals surface area contributed by atoms with E-state index in [4.69, 9.17) is 11.6 Å². The van der Waals surface area contributed by atoms with Gasteiger partial charge in [0.05, 0.1) is 16.8 Å². The van der Waals surface area contributed by atoms with Crippen LogP contribution in [-0.2, 0) is 25.6 Å². The molecule has 1 aliphatic rings. The van der Waals surface area contributed by atoms with Gasteiger partial charge in [0.1, 0.15) is 0 Å². The van der Waals surface area contributed by atoms with Gasteiger partial charge in [-0.1, -0.05) is 37.6 Å². The van der Waals surface area contributed by atoms with Crippen molar-refractivity contribution in [3.8, 4) is 0 Å². The zero-order valence-electron chi connectivity index (χ0n) is 14.0. The Hall–Kier alpha value is -0.630. The summed E-state index contributed by atoms with van der Waals surface area (Å²) in [5, 5.41) is -0.124. The van der Waals surface area contributed by atoms with E-state index in [0.717, 1.165) is 0 Å². The van der Waals surface area contributed by atoms with E-state index in [1.165, 1.54) is 4.31 Å². The highest BCUT2D eigenvalue weighted by Gasteiger charge is 2.35. The van der Waals surface area contributed by atoms with Crippen molar-refractivity contribution in [2.45, 2.75) is 37.7 Å². The molecule has 0 bridgehead atoms. The summed E-state index contributed by atoms with van der Waals surface area (Å²) in [6.45, 7) is 4.14. The van der Waals surface area contributed by atoms with E-state index in [1.54, 1.807) is 24.3 Å². The lowest BCUT2D eigenvalue weighted by Crippen LogP contribution is -2.46. The van der Waals surface area contributed by atoms with E-state index in [9.17, 15) is 16.8 Å². The van der Waals surface area contributed by atoms with E-state index in [1.807, 2.05) is 13.8 Å². The van der Waals surface area contributed by atoms with Crippen molar-refractivity contribution in [1.29, 1.82) is 0 Å². The van der Waals surface area contributed by atoms with E-state index in [0.29, 0.717) is 30.0 Å². The molecule has 1 heterocycles. The van der Waals surface area contributed by atoms with Crippen LogP contribution < -0.4 is 0 Å². The Balaban J connectivity index is 2.13. The highest BCUT2D eigenvalue weighted by molar-refractivity contribution is 7.92. The topological polar surface area (TPSA) is 71.5 Å². The average Bonchev–Trinajstić information content (AvgIpc) is 2.45. The molecule has 0 spiro atoms. The van der Waals surface area contributed by atoms with Gasteiger partial charge in [-0.2, -0.15) is 0 Å². The predicted octanol–water partition coefficient (Wildman–Crippen LogP) is 2.71. The fourth-order valence-electron chi connectivity index (χ4n) is 2.98. The molecule has 1 aliphatic heterocycles. The summed E-state index contributed by atoms with van der Waals surface area (Å²) in [5.74, 6) is -0.0295. The molecule has 8 heteroatoms. The highest BCUT2D eigenvalue weighted by atomic mass is 35.5. The zero-order chi connectivity index (χ0) is 18.0. The van der Waals surface area contributed by atoms with Crippen molar-refractivity contribution in [3.05, 3.63) is 34.9 Å². The third-order valence-corrected chi connectivity index (χ3v) is 8.63. The first-order chi connectivity index (χ1) is 11.1. The molecule has 24 heavy (non-hydrogen) atoms. The lowest BCUT2D eigenvalue weighted by molar-refractivity contribution is 0.345. The molecule has 2 rings (SSSR count). The maximum absolute atomic E-state index is 12.6. The van der Waals surface area contributed by atoms with Gasteiger partial charge in [0, 0.05) is 18.1 Å². The lowest BCUT2D eigenvalue weighted by atomic mass is 10.2. The molecule has 0 aliphatic carbocycles. The van der Waals surface area contributed by atoms with Crippen LogP contribution in [0.15, 0.2) is 24.3 Å². The molecule has 0 saturated carbocycles. The largest absolute Gasteiger partial charge is 0.228 e. The molecule has 1 unspecified atom stereocenters. The van der Waals surface area contributed by atoms with E-state index < -0.39 is 25.1 Å².